The normalized spacial score (nSPS) is 18.9. The monoisotopic (exact) mass is 297 g/mol. The highest BCUT2D eigenvalue weighted by molar-refractivity contribution is 5.86. The Hall–Kier alpha value is -2.07. The number of hydrogen-bond acceptors (Lipinski definition) is 2. The second-order valence-corrected chi connectivity index (χ2v) is 5.70. The molecule has 116 valence electrons. The Labute approximate surface area is 131 Å². The Kier molecular flexibility index (Phi) is 4.59. The van der Waals surface area contributed by atoms with Crippen molar-refractivity contribution < 1.29 is 5.11 Å². The zero-order valence-corrected chi connectivity index (χ0v) is 13.0. The molecule has 0 bridgehead atoms. The molecule has 1 aliphatic rings. The second kappa shape index (κ2) is 6.79. The fraction of sp³-hybridized carbons (Fsp3) is 0.389. The third-order valence-electron chi connectivity index (χ3n) is 4.08. The van der Waals surface area contributed by atoms with E-state index in [1.54, 1.807) is 0 Å². The topological polar surface area (TPSA) is 47.9 Å². The second-order valence-electron chi connectivity index (χ2n) is 5.70. The van der Waals surface area contributed by atoms with Crippen LogP contribution in [0.2, 0.25) is 0 Å². The number of aliphatic imine (C=N–C) groups is 1. The predicted molar refractivity (Wildman–Crippen MR) is 91.0 cm³/mol. The van der Waals surface area contributed by atoms with Gasteiger partial charge in [-0.15, -0.1) is 0 Å². The quantitative estimate of drug-likeness (QED) is 0.675. The third kappa shape index (κ3) is 3.22. The molecule has 0 spiro atoms. The van der Waals surface area contributed by atoms with E-state index >= 15 is 0 Å². The summed E-state index contributed by atoms with van der Waals surface area (Å²) in [5, 5.41) is 15.5. The van der Waals surface area contributed by atoms with E-state index in [9.17, 15) is 5.11 Å². The minimum absolute atomic E-state index is 0.235. The van der Waals surface area contributed by atoms with Crippen LogP contribution in [0.1, 0.15) is 18.9 Å². The minimum Gasteiger partial charge on any atom is -0.391 e. The van der Waals surface area contributed by atoms with Crippen molar-refractivity contribution in [1.29, 1.82) is 0 Å². The molecule has 22 heavy (non-hydrogen) atoms. The van der Waals surface area contributed by atoms with Gasteiger partial charge in [0.2, 0.25) is 0 Å². The molecule has 0 saturated carbocycles. The molecule has 2 aromatic rings. The molecule has 2 N–H and O–H groups in total. The van der Waals surface area contributed by atoms with Crippen LogP contribution in [0.25, 0.3) is 10.8 Å². The van der Waals surface area contributed by atoms with Crippen LogP contribution in [-0.2, 0) is 6.54 Å². The molecule has 2 aromatic carbocycles. The van der Waals surface area contributed by atoms with E-state index in [-0.39, 0.29) is 6.10 Å². The van der Waals surface area contributed by atoms with Crippen LogP contribution in [0, 0.1) is 0 Å². The van der Waals surface area contributed by atoms with Crippen molar-refractivity contribution in [3.8, 4) is 0 Å². The number of likely N-dealkylation sites (tertiary alicyclic amines) is 1. The van der Waals surface area contributed by atoms with Crippen LogP contribution in [0.3, 0.4) is 0 Å². The van der Waals surface area contributed by atoms with Crippen molar-refractivity contribution in [3.63, 3.8) is 0 Å². The van der Waals surface area contributed by atoms with Crippen LogP contribution in [-0.4, -0.2) is 41.7 Å². The molecule has 3 rings (SSSR count). The first-order valence-electron chi connectivity index (χ1n) is 7.96. The van der Waals surface area contributed by atoms with Crippen LogP contribution < -0.4 is 5.32 Å². The summed E-state index contributed by atoms with van der Waals surface area (Å²) in [6.45, 7) is 5.08. The molecule has 1 fully saturated rings. The molecule has 0 amide bonds. The summed E-state index contributed by atoms with van der Waals surface area (Å²) in [5.41, 5.74) is 1.23. The minimum atomic E-state index is -0.235. The molecule has 1 heterocycles. The van der Waals surface area contributed by atoms with Gasteiger partial charge in [0.1, 0.15) is 0 Å². The highest BCUT2D eigenvalue weighted by atomic mass is 16.3. The summed E-state index contributed by atoms with van der Waals surface area (Å²) in [5.74, 6) is 0.895. The van der Waals surface area contributed by atoms with Crippen LogP contribution in [0.4, 0.5) is 0 Å². The lowest BCUT2D eigenvalue weighted by Crippen LogP contribution is -2.40. The first-order valence-corrected chi connectivity index (χ1v) is 7.96. The van der Waals surface area contributed by atoms with Gasteiger partial charge in [0.25, 0.3) is 0 Å². The van der Waals surface area contributed by atoms with Gasteiger partial charge in [-0.05, 0) is 29.7 Å². The number of rotatable bonds is 3. The molecule has 0 aromatic heterocycles. The highest BCUT2D eigenvalue weighted by Gasteiger charge is 2.22. The van der Waals surface area contributed by atoms with Crippen LogP contribution >= 0.6 is 0 Å². The lowest BCUT2D eigenvalue weighted by atomic mass is 10.1. The molecule has 1 saturated heterocycles. The zero-order valence-electron chi connectivity index (χ0n) is 13.0. The number of fused-ring (bicyclic) bond motifs is 1. The lowest BCUT2D eigenvalue weighted by Gasteiger charge is -2.21. The van der Waals surface area contributed by atoms with Crippen molar-refractivity contribution in [2.75, 3.05) is 19.6 Å². The van der Waals surface area contributed by atoms with Crippen LogP contribution in [0.15, 0.2) is 47.5 Å². The molecule has 1 aliphatic heterocycles. The molecule has 0 aliphatic carbocycles. The Morgan fingerprint density at radius 1 is 1.27 bits per heavy atom. The van der Waals surface area contributed by atoms with Gasteiger partial charge < -0.3 is 15.3 Å². The Balaban J connectivity index is 1.83. The first-order chi connectivity index (χ1) is 10.8. The maximum atomic E-state index is 9.72. The number of aliphatic hydroxyl groups excluding tert-OH is 1. The smallest absolute Gasteiger partial charge is 0.194 e. The Morgan fingerprint density at radius 2 is 2.09 bits per heavy atom. The zero-order chi connectivity index (χ0) is 15.4. The van der Waals surface area contributed by atoms with E-state index in [1.807, 2.05) is 0 Å². The number of nitrogens with zero attached hydrogens (tertiary/aromatic N) is 2. The number of benzene rings is 2. The van der Waals surface area contributed by atoms with E-state index in [1.165, 1.54) is 16.3 Å². The van der Waals surface area contributed by atoms with Crippen molar-refractivity contribution in [3.05, 3.63) is 48.0 Å². The molecular formula is C18H23N3O. The Bertz CT molecular complexity index is 663. The van der Waals surface area contributed by atoms with Crippen molar-refractivity contribution in [1.82, 2.24) is 10.2 Å². The number of hydrogen-bond donors (Lipinski definition) is 2. The number of nitrogens with one attached hydrogen (secondary N) is 1. The van der Waals surface area contributed by atoms with Gasteiger partial charge in [-0.1, -0.05) is 42.5 Å². The van der Waals surface area contributed by atoms with Crippen LogP contribution in [0.5, 0.6) is 0 Å². The maximum absolute atomic E-state index is 9.72. The van der Waals surface area contributed by atoms with Crippen molar-refractivity contribution in [2.24, 2.45) is 4.99 Å². The SMILES string of the molecule is CCNC(=NCc1cccc2ccccc12)N1CC[C@@H](O)C1. The first kappa shape index (κ1) is 14.9. The third-order valence-corrected chi connectivity index (χ3v) is 4.08. The van der Waals surface area contributed by atoms with Gasteiger partial charge in [0.15, 0.2) is 5.96 Å². The molecule has 0 unspecified atom stereocenters. The van der Waals surface area contributed by atoms with Gasteiger partial charge in [0.05, 0.1) is 12.6 Å². The van der Waals surface area contributed by atoms with E-state index in [0.29, 0.717) is 13.1 Å². The van der Waals surface area contributed by atoms with Gasteiger partial charge in [-0.25, -0.2) is 4.99 Å². The van der Waals surface area contributed by atoms with E-state index in [2.05, 4.69) is 59.6 Å². The molecule has 1 atom stereocenters. The summed E-state index contributed by atoms with van der Waals surface area (Å²) < 4.78 is 0. The summed E-state index contributed by atoms with van der Waals surface area (Å²) in [7, 11) is 0. The van der Waals surface area contributed by atoms with Crippen molar-refractivity contribution >= 4 is 16.7 Å². The number of guanidine groups is 1. The maximum Gasteiger partial charge on any atom is 0.194 e. The van der Waals surface area contributed by atoms with Gasteiger partial charge in [-0.2, -0.15) is 0 Å². The fourth-order valence-electron chi connectivity index (χ4n) is 2.95. The lowest BCUT2D eigenvalue weighted by molar-refractivity contribution is 0.188. The standard InChI is InChI=1S/C18H23N3O/c1-2-19-18(21-11-10-16(22)13-21)20-12-15-8-5-7-14-6-3-4-9-17(14)15/h3-9,16,22H,2,10-13H2,1H3,(H,19,20)/t16-/m1/s1. The number of β-amino-alcohol motifs (C(OH)–C–C–N with tert-alkyl or cyclic N) is 1. The fourth-order valence-corrected chi connectivity index (χ4v) is 2.95. The highest BCUT2D eigenvalue weighted by Crippen LogP contribution is 2.19. The molecule has 4 heteroatoms. The van der Waals surface area contributed by atoms with E-state index < -0.39 is 0 Å². The molecular weight excluding hydrogens is 274 g/mol. The van der Waals surface area contributed by atoms with Gasteiger partial charge in [0, 0.05) is 19.6 Å². The number of aliphatic hydroxyl groups is 1. The molecule has 0 radical (unpaired) electrons. The largest absolute Gasteiger partial charge is 0.391 e. The van der Waals surface area contributed by atoms with Gasteiger partial charge >= 0.3 is 0 Å². The summed E-state index contributed by atoms with van der Waals surface area (Å²) in [6.07, 6.45) is 0.583. The Morgan fingerprint density at radius 3 is 2.86 bits per heavy atom. The van der Waals surface area contributed by atoms with E-state index in [0.717, 1.165) is 25.5 Å². The molecule has 4 nitrogen and oxygen atoms in total. The summed E-state index contributed by atoms with van der Waals surface area (Å²) >= 11 is 0. The van der Waals surface area contributed by atoms with Gasteiger partial charge in [-0.3, -0.25) is 0 Å². The summed E-state index contributed by atoms with van der Waals surface area (Å²) in [4.78, 5) is 6.91. The summed E-state index contributed by atoms with van der Waals surface area (Å²) in [6, 6.07) is 14.7. The average Bonchev–Trinajstić information content (AvgIpc) is 2.98. The van der Waals surface area contributed by atoms with Crippen molar-refractivity contribution in [2.45, 2.75) is 26.0 Å². The predicted octanol–water partition coefficient (Wildman–Crippen LogP) is 2.37. The average molecular weight is 297 g/mol. The van der Waals surface area contributed by atoms with E-state index in [4.69, 9.17) is 4.99 Å².